The van der Waals surface area contributed by atoms with E-state index in [0.29, 0.717) is 33.9 Å². The van der Waals surface area contributed by atoms with Gasteiger partial charge in [0.25, 0.3) is 0 Å². The first-order valence-corrected chi connectivity index (χ1v) is 17.0. The van der Waals surface area contributed by atoms with Crippen LogP contribution in [-0.4, -0.2) is 56.9 Å². The van der Waals surface area contributed by atoms with Gasteiger partial charge in [0.05, 0.1) is 32.0 Å². The van der Waals surface area contributed by atoms with E-state index in [4.69, 9.17) is 42.1 Å². The van der Waals surface area contributed by atoms with Gasteiger partial charge in [0.1, 0.15) is 33.9 Å². The first-order chi connectivity index (χ1) is 24.5. The molecule has 4 heterocycles. The molecule has 3 saturated heterocycles. The monoisotopic (exact) mass is 741 g/mol. The number of amides is 1. The number of nitrogens with zero attached hydrogens (tertiary/aromatic N) is 3. The van der Waals surface area contributed by atoms with Crippen LogP contribution < -0.4 is 19.1 Å². The van der Waals surface area contributed by atoms with Crippen LogP contribution in [0, 0.1) is 22.8 Å². The molecular formula is C37H35Cl2F2N3O7. The SMILES string of the molecule is COc1ccc([C@H](Cc2c(Cl)c[n+]([O-])cc2Cl)OC(=O)c2ccc(CN(C(=O)O[C@H]3CN4CCC3CC4)c3ccccc3F)cc2F)cc1OC. The van der Waals surface area contributed by atoms with Crippen LogP contribution in [0.1, 0.15) is 46.0 Å². The summed E-state index contributed by atoms with van der Waals surface area (Å²) in [5, 5.41) is 11.9. The number of hydrogen-bond acceptors (Lipinski definition) is 8. The maximum Gasteiger partial charge on any atom is 0.415 e. The molecule has 3 aliphatic heterocycles. The zero-order valence-electron chi connectivity index (χ0n) is 27.8. The summed E-state index contributed by atoms with van der Waals surface area (Å²) < 4.78 is 53.7. The summed E-state index contributed by atoms with van der Waals surface area (Å²) in [5.41, 5.74) is 0.645. The smallest absolute Gasteiger partial charge is 0.415 e. The van der Waals surface area contributed by atoms with Crippen molar-refractivity contribution in [1.29, 1.82) is 0 Å². The van der Waals surface area contributed by atoms with Crippen molar-refractivity contribution >= 4 is 41.0 Å². The summed E-state index contributed by atoms with van der Waals surface area (Å²) in [6, 6.07) is 14.4. The third-order valence-electron chi connectivity index (χ3n) is 9.28. The number of fused-ring (bicyclic) bond motifs is 3. The highest BCUT2D eigenvalue weighted by atomic mass is 35.5. The Kier molecular flexibility index (Phi) is 11.1. The van der Waals surface area contributed by atoms with E-state index in [0.717, 1.165) is 49.3 Å². The summed E-state index contributed by atoms with van der Waals surface area (Å²) >= 11 is 12.7. The average Bonchev–Trinajstić information content (AvgIpc) is 3.12. The van der Waals surface area contributed by atoms with Crippen molar-refractivity contribution in [3.63, 3.8) is 0 Å². The minimum absolute atomic E-state index is 0.0221. The molecule has 2 bridgehead atoms. The van der Waals surface area contributed by atoms with Gasteiger partial charge in [0.2, 0.25) is 0 Å². The van der Waals surface area contributed by atoms with Gasteiger partial charge >= 0.3 is 12.1 Å². The summed E-state index contributed by atoms with van der Waals surface area (Å²) in [4.78, 5) is 30.5. The van der Waals surface area contributed by atoms with Gasteiger partial charge in [-0.3, -0.25) is 9.80 Å². The molecule has 1 amide bonds. The Hall–Kier alpha value is -4.65. The highest BCUT2D eigenvalue weighted by Gasteiger charge is 2.38. The standard InChI is InChI=1S/C37H35Cl2F2N3O7/c1-48-32-10-8-24(16-34(32)49-2)33(17-26-27(38)19-43(47)20-28(26)39)50-36(45)25-9-7-22(15-30(25)41)18-44(31-6-4-3-5-29(31)40)37(46)51-35-21-42-13-11-23(35)12-14-42/h3-10,15-16,19-20,23,33,35H,11-14,17-18,21H2,1-2H3/t33-,35-/m0/s1. The number of benzene rings is 3. The summed E-state index contributed by atoms with van der Waals surface area (Å²) in [6.45, 7) is 2.28. The highest BCUT2D eigenvalue weighted by molar-refractivity contribution is 6.35. The topological polar surface area (TPSA) is 104 Å². The van der Waals surface area contributed by atoms with Gasteiger partial charge in [-0.2, -0.15) is 4.73 Å². The summed E-state index contributed by atoms with van der Waals surface area (Å²) in [7, 11) is 2.92. The number of para-hydroxylation sites is 1. The minimum Gasteiger partial charge on any atom is -0.619 e. The third kappa shape index (κ3) is 8.14. The minimum atomic E-state index is -1.06. The van der Waals surface area contributed by atoms with E-state index in [1.54, 1.807) is 24.3 Å². The number of pyridine rings is 1. The van der Waals surface area contributed by atoms with E-state index in [-0.39, 0.29) is 51.8 Å². The van der Waals surface area contributed by atoms with Crippen molar-refractivity contribution in [3.05, 3.63) is 122 Å². The van der Waals surface area contributed by atoms with Crippen LogP contribution in [0.2, 0.25) is 10.0 Å². The van der Waals surface area contributed by atoms with Crippen LogP contribution in [0.25, 0.3) is 0 Å². The molecule has 3 aliphatic rings. The lowest BCUT2D eigenvalue weighted by molar-refractivity contribution is -0.605. The van der Waals surface area contributed by atoms with Crippen LogP contribution in [0.5, 0.6) is 11.5 Å². The van der Waals surface area contributed by atoms with Crippen LogP contribution in [0.4, 0.5) is 19.3 Å². The predicted octanol–water partition coefficient (Wildman–Crippen LogP) is 7.30. The number of methoxy groups -OCH3 is 2. The largest absolute Gasteiger partial charge is 0.619 e. The Labute approximate surface area is 303 Å². The van der Waals surface area contributed by atoms with Crippen molar-refractivity contribution in [2.45, 2.75) is 38.0 Å². The lowest BCUT2D eigenvalue weighted by Gasteiger charge is -2.44. The van der Waals surface area contributed by atoms with Gasteiger partial charge < -0.3 is 24.2 Å². The Balaban J connectivity index is 1.25. The number of esters is 1. The molecule has 0 N–H and O–H groups in total. The Bertz CT molecular complexity index is 1900. The molecule has 51 heavy (non-hydrogen) atoms. The second-order valence-electron chi connectivity index (χ2n) is 12.4. The molecule has 4 aromatic rings. The Morgan fingerprint density at radius 1 is 0.961 bits per heavy atom. The van der Waals surface area contributed by atoms with Crippen LogP contribution >= 0.6 is 23.2 Å². The molecule has 0 spiro atoms. The van der Waals surface area contributed by atoms with Gasteiger partial charge in [-0.05, 0) is 79.4 Å². The number of rotatable bonds is 11. The number of hydrogen-bond donors (Lipinski definition) is 0. The summed E-state index contributed by atoms with van der Waals surface area (Å²) in [5.74, 6) is -1.58. The quantitative estimate of drug-likeness (QED) is 0.0897. The molecule has 0 aliphatic carbocycles. The maximum absolute atomic E-state index is 15.7. The predicted molar refractivity (Wildman–Crippen MR) is 185 cm³/mol. The molecule has 10 nitrogen and oxygen atoms in total. The van der Waals surface area contributed by atoms with Gasteiger partial charge in [-0.25, -0.2) is 18.4 Å². The molecule has 0 radical (unpaired) electrons. The lowest BCUT2D eigenvalue weighted by Crippen LogP contribution is -2.53. The summed E-state index contributed by atoms with van der Waals surface area (Å²) in [6.07, 6.45) is 1.85. The van der Waals surface area contributed by atoms with Gasteiger partial charge in [0, 0.05) is 18.5 Å². The molecule has 1 aromatic heterocycles. The number of ether oxygens (including phenoxy) is 4. The van der Waals surface area contributed by atoms with Crippen molar-refractivity contribution in [1.82, 2.24) is 4.90 Å². The fourth-order valence-corrected chi connectivity index (χ4v) is 7.14. The fraction of sp³-hybridized carbons (Fsp3) is 0.324. The van der Waals surface area contributed by atoms with E-state index in [9.17, 15) is 14.8 Å². The number of halogens is 4. The zero-order valence-corrected chi connectivity index (χ0v) is 29.3. The van der Waals surface area contributed by atoms with Gasteiger partial charge in [-0.1, -0.05) is 47.5 Å². The number of anilines is 1. The lowest BCUT2D eigenvalue weighted by atomic mass is 9.86. The van der Waals surface area contributed by atoms with Crippen molar-refractivity contribution in [3.8, 4) is 11.5 Å². The van der Waals surface area contributed by atoms with Gasteiger partial charge in [0.15, 0.2) is 23.9 Å². The number of aromatic nitrogens is 1. The Morgan fingerprint density at radius 3 is 2.29 bits per heavy atom. The average molecular weight is 743 g/mol. The second kappa shape index (κ2) is 15.7. The third-order valence-corrected chi connectivity index (χ3v) is 9.93. The van der Waals surface area contributed by atoms with Crippen LogP contribution in [0.15, 0.2) is 73.1 Å². The van der Waals surface area contributed by atoms with Crippen molar-refractivity contribution in [2.75, 3.05) is 38.8 Å². The second-order valence-corrected chi connectivity index (χ2v) is 13.2. The molecule has 3 aromatic carbocycles. The molecule has 7 rings (SSSR count). The maximum atomic E-state index is 15.7. The van der Waals surface area contributed by atoms with Crippen molar-refractivity contribution < 1.29 is 42.0 Å². The first kappa shape index (κ1) is 36.2. The van der Waals surface area contributed by atoms with E-state index >= 15 is 8.78 Å². The Morgan fingerprint density at radius 2 is 1.67 bits per heavy atom. The van der Waals surface area contributed by atoms with E-state index in [2.05, 4.69) is 4.90 Å². The van der Waals surface area contributed by atoms with Crippen LogP contribution in [0.3, 0.4) is 0 Å². The molecule has 0 saturated carbocycles. The van der Waals surface area contributed by atoms with E-state index in [1.807, 2.05) is 0 Å². The van der Waals surface area contributed by atoms with Gasteiger partial charge in [-0.15, -0.1) is 0 Å². The molecule has 14 heteroatoms. The fourth-order valence-electron chi connectivity index (χ4n) is 6.55. The normalized spacial score (nSPS) is 18.5. The highest BCUT2D eigenvalue weighted by Crippen LogP contribution is 2.36. The number of piperidine rings is 3. The van der Waals surface area contributed by atoms with E-state index in [1.165, 1.54) is 44.6 Å². The molecule has 3 fully saturated rings. The first-order valence-electron chi connectivity index (χ1n) is 16.3. The molecule has 268 valence electrons. The van der Waals surface area contributed by atoms with Crippen molar-refractivity contribution in [2.24, 2.45) is 5.92 Å². The zero-order chi connectivity index (χ0) is 36.2. The molecular weight excluding hydrogens is 707 g/mol. The molecule has 0 unspecified atom stereocenters. The number of carbonyl (C=O) groups is 2. The number of carbonyl (C=O) groups excluding carboxylic acids is 2. The molecule has 2 atom stereocenters. The van der Waals surface area contributed by atoms with E-state index < -0.39 is 29.8 Å². The van der Waals surface area contributed by atoms with Crippen LogP contribution in [-0.2, 0) is 22.4 Å².